The Morgan fingerprint density at radius 2 is 2.07 bits per heavy atom. The summed E-state index contributed by atoms with van der Waals surface area (Å²) in [5, 5.41) is 8.55. The fraction of sp³-hybridized carbons (Fsp3) is 0.263. The molecule has 0 spiro atoms. The lowest BCUT2D eigenvalue weighted by Gasteiger charge is -2.19. The summed E-state index contributed by atoms with van der Waals surface area (Å²) in [6.45, 7) is 1.61. The zero-order valence-electron chi connectivity index (χ0n) is 15.2. The summed E-state index contributed by atoms with van der Waals surface area (Å²) in [7, 11) is 0. The van der Waals surface area contributed by atoms with Crippen molar-refractivity contribution in [1.29, 1.82) is 0 Å². The first kappa shape index (κ1) is 20.5. The van der Waals surface area contributed by atoms with Gasteiger partial charge < -0.3 is 10.6 Å². The van der Waals surface area contributed by atoms with Crippen LogP contribution in [0.15, 0.2) is 34.7 Å². The number of fused-ring (bicyclic) bond motifs is 1. The number of rotatable bonds is 4. The molecule has 0 unspecified atom stereocenters. The molecular formula is C19H16ClF3N4S2. The fourth-order valence-corrected chi connectivity index (χ4v) is 4.95. The van der Waals surface area contributed by atoms with Crippen LogP contribution >= 0.6 is 34.7 Å². The highest BCUT2D eigenvalue weighted by Gasteiger charge is 2.36. The first-order chi connectivity index (χ1) is 13.8. The summed E-state index contributed by atoms with van der Waals surface area (Å²) in [5.41, 5.74) is 1.84. The first-order valence-corrected chi connectivity index (χ1v) is 11.2. The molecule has 4 nitrogen and oxygen atoms in total. The number of nitrogens with one attached hydrogen (secondary N) is 2. The maximum Gasteiger partial charge on any atom is 0.420 e. The molecule has 0 fully saturated rings. The molecule has 2 aromatic heterocycles. The van der Waals surface area contributed by atoms with Gasteiger partial charge in [0.25, 0.3) is 0 Å². The molecule has 4 rings (SSSR count). The third-order valence-corrected chi connectivity index (χ3v) is 6.67. The van der Waals surface area contributed by atoms with E-state index in [2.05, 4.69) is 20.6 Å². The van der Waals surface area contributed by atoms with Crippen LogP contribution in [0.2, 0.25) is 5.02 Å². The summed E-state index contributed by atoms with van der Waals surface area (Å²) < 4.78 is 40.5. The average molecular weight is 457 g/mol. The third kappa shape index (κ3) is 4.37. The van der Waals surface area contributed by atoms with Crippen molar-refractivity contribution < 1.29 is 13.2 Å². The van der Waals surface area contributed by atoms with Crippen LogP contribution in [0.25, 0.3) is 10.6 Å². The molecule has 152 valence electrons. The molecule has 29 heavy (non-hydrogen) atoms. The van der Waals surface area contributed by atoms with E-state index in [1.807, 2.05) is 23.8 Å². The van der Waals surface area contributed by atoms with Gasteiger partial charge in [0.05, 0.1) is 21.3 Å². The molecule has 0 radical (unpaired) electrons. The standard InChI is InChI=1S/C19H16ClF3N4S2/c1-28-12-6-16(29-9-12)17-13(19(21,22)23)8-25-18(27-17)26-15-5-10-2-3-24-7-11(10)4-14(15)20/h4-6,8-9,24H,2-3,7H2,1H3,(H,25,26,27). The molecule has 1 aliphatic rings. The fourth-order valence-electron chi connectivity index (χ4n) is 3.11. The molecule has 0 atom stereocenters. The number of hydrogen-bond donors (Lipinski definition) is 2. The largest absolute Gasteiger partial charge is 0.420 e. The van der Waals surface area contributed by atoms with Crippen molar-refractivity contribution in [2.45, 2.75) is 24.0 Å². The molecule has 1 aliphatic heterocycles. The molecule has 3 aromatic rings. The Bertz CT molecular complexity index is 1050. The number of thiophene rings is 1. The average Bonchev–Trinajstić information content (AvgIpc) is 3.17. The van der Waals surface area contributed by atoms with Crippen molar-refractivity contribution in [2.75, 3.05) is 18.1 Å². The second-order valence-electron chi connectivity index (χ2n) is 6.46. The molecular weight excluding hydrogens is 441 g/mol. The highest BCUT2D eigenvalue weighted by atomic mass is 35.5. The van der Waals surface area contributed by atoms with Crippen LogP contribution in [0.1, 0.15) is 16.7 Å². The van der Waals surface area contributed by atoms with Crippen molar-refractivity contribution in [2.24, 2.45) is 0 Å². The van der Waals surface area contributed by atoms with E-state index >= 15 is 0 Å². The van der Waals surface area contributed by atoms with Crippen molar-refractivity contribution >= 4 is 46.3 Å². The molecule has 0 bridgehead atoms. The molecule has 0 amide bonds. The van der Waals surface area contributed by atoms with E-state index < -0.39 is 11.7 Å². The SMILES string of the molecule is CSc1csc(-c2nc(Nc3cc4c(cc3Cl)CNCC4)ncc2C(F)(F)F)c1. The van der Waals surface area contributed by atoms with Gasteiger partial charge in [0.15, 0.2) is 0 Å². The number of alkyl halides is 3. The van der Waals surface area contributed by atoms with E-state index in [1.165, 1.54) is 23.1 Å². The number of anilines is 2. The summed E-state index contributed by atoms with van der Waals surface area (Å²) in [6, 6.07) is 5.48. The Morgan fingerprint density at radius 3 is 2.79 bits per heavy atom. The number of aromatic nitrogens is 2. The number of nitrogens with zero attached hydrogens (tertiary/aromatic N) is 2. The third-order valence-electron chi connectivity index (χ3n) is 4.56. The van der Waals surface area contributed by atoms with Crippen LogP contribution in [-0.4, -0.2) is 22.8 Å². The Kier molecular flexibility index (Phi) is 5.74. The molecule has 3 heterocycles. The summed E-state index contributed by atoms with van der Waals surface area (Å²) in [5.74, 6) is 0.0721. The van der Waals surface area contributed by atoms with Crippen LogP contribution in [0.5, 0.6) is 0 Å². The second kappa shape index (κ2) is 8.14. The van der Waals surface area contributed by atoms with E-state index in [0.717, 1.165) is 41.7 Å². The molecule has 2 N–H and O–H groups in total. The van der Waals surface area contributed by atoms with Gasteiger partial charge in [-0.1, -0.05) is 11.6 Å². The highest BCUT2D eigenvalue weighted by molar-refractivity contribution is 7.98. The van der Waals surface area contributed by atoms with Gasteiger partial charge in [-0.3, -0.25) is 0 Å². The summed E-state index contributed by atoms with van der Waals surface area (Å²) in [6.07, 6.45) is -1.00. The van der Waals surface area contributed by atoms with Crippen LogP contribution in [0.4, 0.5) is 24.8 Å². The van der Waals surface area contributed by atoms with Gasteiger partial charge in [0, 0.05) is 23.0 Å². The van der Waals surface area contributed by atoms with Crippen LogP contribution in [0, 0.1) is 0 Å². The Labute approximate surface area is 178 Å². The first-order valence-electron chi connectivity index (χ1n) is 8.71. The minimum atomic E-state index is -4.55. The predicted octanol–water partition coefficient (Wildman–Crippen LogP) is 5.99. The van der Waals surface area contributed by atoms with Gasteiger partial charge in [-0.15, -0.1) is 23.1 Å². The van der Waals surface area contributed by atoms with Crippen LogP contribution in [-0.2, 0) is 19.1 Å². The topological polar surface area (TPSA) is 49.8 Å². The lowest BCUT2D eigenvalue weighted by atomic mass is 10.0. The molecule has 0 saturated carbocycles. The van der Waals surface area contributed by atoms with Gasteiger partial charge >= 0.3 is 6.18 Å². The Hall–Kier alpha value is -1.81. The normalized spacial score (nSPS) is 14.0. The van der Waals surface area contributed by atoms with Gasteiger partial charge in [-0.05, 0) is 48.5 Å². The quantitative estimate of drug-likeness (QED) is 0.472. The monoisotopic (exact) mass is 456 g/mol. The Morgan fingerprint density at radius 1 is 1.24 bits per heavy atom. The number of benzene rings is 1. The zero-order valence-corrected chi connectivity index (χ0v) is 17.6. The lowest BCUT2D eigenvalue weighted by molar-refractivity contribution is -0.137. The van der Waals surface area contributed by atoms with Crippen molar-refractivity contribution in [1.82, 2.24) is 15.3 Å². The minimum absolute atomic E-state index is 0.0721. The van der Waals surface area contributed by atoms with Crippen molar-refractivity contribution in [3.05, 3.63) is 51.5 Å². The zero-order chi connectivity index (χ0) is 20.6. The molecule has 10 heteroatoms. The maximum absolute atomic E-state index is 13.5. The van der Waals surface area contributed by atoms with Gasteiger partial charge in [0.1, 0.15) is 5.56 Å². The lowest BCUT2D eigenvalue weighted by Crippen LogP contribution is -2.23. The summed E-state index contributed by atoms with van der Waals surface area (Å²) >= 11 is 9.06. The Balaban J connectivity index is 1.73. The number of thioether (sulfide) groups is 1. The smallest absolute Gasteiger partial charge is 0.323 e. The van der Waals surface area contributed by atoms with Crippen molar-refractivity contribution in [3.8, 4) is 10.6 Å². The van der Waals surface area contributed by atoms with Crippen LogP contribution in [0.3, 0.4) is 0 Å². The predicted molar refractivity (Wildman–Crippen MR) is 112 cm³/mol. The minimum Gasteiger partial charge on any atom is -0.323 e. The van der Waals surface area contributed by atoms with Gasteiger partial charge in [0.2, 0.25) is 5.95 Å². The van der Waals surface area contributed by atoms with Gasteiger partial charge in [-0.25, -0.2) is 9.97 Å². The maximum atomic E-state index is 13.5. The summed E-state index contributed by atoms with van der Waals surface area (Å²) in [4.78, 5) is 9.41. The number of hydrogen-bond acceptors (Lipinski definition) is 6. The van der Waals surface area contributed by atoms with Crippen molar-refractivity contribution in [3.63, 3.8) is 0 Å². The van der Waals surface area contributed by atoms with E-state index in [0.29, 0.717) is 15.6 Å². The van der Waals surface area contributed by atoms with Gasteiger partial charge in [-0.2, -0.15) is 13.2 Å². The van der Waals surface area contributed by atoms with E-state index in [4.69, 9.17) is 11.6 Å². The van der Waals surface area contributed by atoms with Crippen LogP contribution < -0.4 is 10.6 Å². The van der Waals surface area contributed by atoms with E-state index in [9.17, 15) is 13.2 Å². The highest BCUT2D eigenvalue weighted by Crippen LogP contribution is 2.40. The number of halogens is 4. The molecule has 0 saturated heterocycles. The second-order valence-corrected chi connectivity index (χ2v) is 8.66. The van der Waals surface area contributed by atoms with E-state index in [1.54, 1.807) is 6.07 Å². The molecule has 1 aromatic carbocycles. The molecule has 0 aliphatic carbocycles. The van der Waals surface area contributed by atoms with E-state index in [-0.39, 0.29) is 11.6 Å².